The molecule has 1 amide bonds. The van der Waals surface area contributed by atoms with Crippen molar-refractivity contribution in [3.8, 4) is 0 Å². The van der Waals surface area contributed by atoms with Crippen LogP contribution in [0.25, 0.3) is 0 Å². The minimum absolute atomic E-state index is 0.0351. The number of carbonyl (C=O) groups is 2. The molecular formula is C52H93NO5. The number of aliphatic hydroxyl groups is 2. The number of hydrogen-bond acceptors (Lipinski definition) is 5. The molecule has 336 valence electrons. The quantitative estimate of drug-likeness (QED) is 0.0324. The van der Waals surface area contributed by atoms with Crippen LogP contribution in [-0.2, 0) is 14.3 Å². The molecule has 0 heterocycles. The van der Waals surface area contributed by atoms with Gasteiger partial charge in [0.15, 0.2) is 0 Å². The summed E-state index contributed by atoms with van der Waals surface area (Å²) in [5, 5.41) is 23.6. The molecule has 0 aromatic heterocycles. The van der Waals surface area contributed by atoms with Gasteiger partial charge in [-0.25, -0.2) is 0 Å². The van der Waals surface area contributed by atoms with Crippen LogP contribution in [0.3, 0.4) is 0 Å². The van der Waals surface area contributed by atoms with Crippen molar-refractivity contribution in [1.82, 2.24) is 5.32 Å². The number of carbonyl (C=O) groups excluding carboxylic acids is 2. The normalized spacial score (nSPS) is 13.8. The van der Waals surface area contributed by atoms with Crippen LogP contribution in [0.15, 0.2) is 60.8 Å². The number of allylic oxidation sites excluding steroid dienone is 9. The lowest BCUT2D eigenvalue weighted by molar-refractivity contribution is -0.148. The summed E-state index contributed by atoms with van der Waals surface area (Å²) in [7, 11) is 0. The van der Waals surface area contributed by atoms with Gasteiger partial charge in [-0.15, -0.1) is 0 Å². The lowest BCUT2D eigenvalue weighted by atomic mass is 10.0. The van der Waals surface area contributed by atoms with Crippen molar-refractivity contribution < 1.29 is 24.5 Å². The number of rotatable bonds is 43. The van der Waals surface area contributed by atoms with Crippen molar-refractivity contribution in [1.29, 1.82) is 0 Å². The van der Waals surface area contributed by atoms with Gasteiger partial charge >= 0.3 is 5.97 Å². The predicted octanol–water partition coefficient (Wildman–Crippen LogP) is 14.5. The van der Waals surface area contributed by atoms with Crippen LogP contribution in [0.1, 0.15) is 233 Å². The van der Waals surface area contributed by atoms with Crippen LogP contribution in [0.2, 0.25) is 0 Å². The average Bonchev–Trinajstić information content (AvgIpc) is 3.22. The van der Waals surface area contributed by atoms with E-state index in [-0.39, 0.29) is 24.9 Å². The van der Waals surface area contributed by atoms with Crippen molar-refractivity contribution in [3.63, 3.8) is 0 Å². The molecule has 58 heavy (non-hydrogen) atoms. The van der Waals surface area contributed by atoms with Crippen molar-refractivity contribution in [2.45, 2.75) is 251 Å². The highest BCUT2D eigenvalue weighted by Crippen LogP contribution is 2.15. The first-order chi connectivity index (χ1) is 28.5. The Hall–Kier alpha value is -2.44. The zero-order chi connectivity index (χ0) is 42.4. The van der Waals surface area contributed by atoms with E-state index in [0.29, 0.717) is 19.3 Å². The van der Waals surface area contributed by atoms with E-state index in [1.165, 1.54) is 116 Å². The fourth-order valence-corrected chi connectivity index (χ4v) is 7.12. The fourth-order valence-electron chi connectivity index (χ4n) is 7.12. The molecule has 3 atom stereocenters. The molecule has 0 aliphatic heterocycles. The third kappa shape index (κ3) is 40.3. The van der Waals surface area contributed by atoms with Crippen molar-refractivity contribution in [2.75, 3.05) is 6.61 Å². The third-order valence-electron chi connectivity index (χ3n) is 10.8. The molecular weight excluding hydrogens is 719 g/mol. The van der Waals surface area contributed by atoms with Crippen molar-refractivity contribution in [3.05, 3.63) is 60.8 Å². The van der Waals surface area contributed by atoms with Gasteiger partial charge in [-0.3, -0.25) is 9.59 Å². The summed E-state index contributed by atoms with van der Waals surface area (Å²) in [5.41, 5.74) is 0. The third-order valence-corrected chi connectivity index (χ3v) is 10.8. The maximum atomic E-state index is 13.1. The summed E-state index contributed by atoms with van der Waals surface area (Å²) in [4.78, 5) is 26.0. The molecule has 0 spiro atoms. The molecule has 0 aliphatic carbocycles. The van der Waals surface area contributed by atoms with Gasteiger partial charge in [0, 0.05) is 6.42 Å². The Morgan fingerprint density at radius 1 is 0.534 bits per heavy atom. The summed E-state index contributed by atoms with van der Waals surface area (Å²) in [6.45, 7) is 6.32. The van der Waals surface area contributed by atoms with Crippen LogP contribution in [0.5, 0.6) is 0 Å². The lowest BCUT2D eigenvalue weighted by Gasteiger charge is -2.23. The fraction of sp³-hybridized carbons (Fsp3) is 0.769. The Balaban J connectivity index is 4.65. The Morgan fingerprint density at radius 3 is 1.47 bits per heavy atom. The van der Waals surface area contributed by atoms with Gasteiger partial charge in [-0.2, -0.15) is 0 Å². The van der Waals surface area contributed by atoms with Gasteiger partial charge in [-0.05, 0) is 70.3 Å². The SMILES string of the molecule is CC/C=C/C/C=C/C/C=C/CCCCCCCCC(=O)OC(/C=C/C/C=C\CCCCCCCC)CC(=O)NC(CO)C(O)CCCCCCCCCCCCCC. The molecule has 0 aromatic carbocycles. The topological polar surface area (TPSA) is 95.9 Å². The zero-order valence-electron chi connectivity index (χ0n) is 38.2. The summed E-state index contributed by atoms with van der Waals surface area (Å²) in [5.74, 6) is -0.618. The Morgan fingerprint density at radius 2 is 0.966 bits per heavy atom. The largest absolute Gasteiger partial charge is 0.458 e. The minimum Gasteiger partial charge on any atom is -0.458 e. The lowest BCUT2D eigenvalue weighted by Crippen LogP contribution is -2.46. The molecule has 6 heteroatoms. The first-order valence-corrected chi connectivity index (χ1v) is 24.5. The summed E-state index contributed by atoms with van der Waals surface area (Å²) in [6.07, 6.45) is 55.9. The smallest absolute Gasteiger partial charge is 0.306 e. The highest BCUT2D eigenvalue weighted by Gasteiger charge is 2.23. The zero-order valence-corrected chi connectivity index (χ0v) is 38.2. The number of amides is 1. The highest BCUT2D eigenvalue weighted by atomic mass is 16.5. The maximum Gasteiger partial charge on any atom is 0.306 e. The molecule has 0 saturated carbocycles. The molecule has 0 radical (unpaired) electrons. The molecule has 0 rings (SSSR count). The average molecular weight is 812 g/mol. The molecule has 0 saturated heterocycles. The number of aliphatic hydroxyl groups excluding tert-OH is 2. The van der Waals surface area contributed by atoms with Gasteiger partial charge < -0.3 is 20.3 Å². The van der Waals surface area contributed by atoms with Crippen LogP contribution in [0.4, 0.5) is 0 Å². The van der Waals surface area contributed by atoms with E-state index in [9.17, 15) is 19.8 Å². The first kappa shape index (κ1) is 55.6. The maximum absolute atomic E-state index is 13.1. The number of esters is 1. The van der Waals surface area contributed by atoms with Crippen LogP contribution >= 0.6 is 0 Å². The standard InChI is InChI=1S/C52H93NO5/c1-4-7-10-13-16-19-22-24-25-26-27-30-33-36-39-42-45-52(57)58-48(43-40-37-34-31-28-21-18-15-12-9-6-3)46-51(56)53-49(47-54)50(55)44-41-38-35-32-29-23-20-17-14-11-8-5-2/h7,10,16,19,24-25,31,34,40,43,48-50,54-55H,4-6,8-9,11-15,17-18,20-23,26-30,32-33,35-39,41-42,44-47H2,1-3H3,(H,53,56)/b10-7+,19-16+,25-24+,34-31-,43-40+. The summed E-state index contributed by atoms with van der Waals surface area (Å²) in [6, 6.07) is -0.735. The second kappa shape index (κ2) is 45.6. The molecule has 0 aromatic rings. The Bertz CT molecular complexity index is 1050. The molecule has 3 N–H and O–H groups in total. The van der Waals surface area contributed by atoms with E-state index in [0.717, 1.165) is 70.6 Å². The summed E-state index contributed by atoms with van der Waals surface area (Å²) >= 11 is 0. The molecule has 3 unspecified atom stereocenters. The van der Waals surface area contributed by atoms with E-state index >= 15 is 0 Å². The second-order valence-electron chi connectivity index (χ2n) is 16.5. The molecule has 0 bridgehead atoms. The highest BCUT2D eigenvalue weighted by molar-refractivity contribution is 5.78. The Labute approximate surface area is 358 Å². The molecule has 6 nitrogen and oxygen atoms in total. The number of unbranched alkanes of at least 4 members (excludes halogenated alkanes) is 23. The first-order valence-electron chi connectivity index (χ1n) is 24.5. The van der Waals surface area contributed by atoms with E-state index in [2.05, 4.69) is 74.7 Å². The van der Waals surface area contributed by atoms with Crippen molar-refractivity contribution in [2.24, 2.45) is 0 Å². The van der Waals surface area contributed by atoms with Gasteiger partial charge in [0.2, 0.25) is 5.91 Å². The van der Waals surface area contributed by atoms with E-state index in [1.54, 1.807) is 0 Å². The number of ether oxygens (including phenoxy) is 1. The van der Waals surface area contributed by atoms with E-state index in [1.807, 2.05) is 12.2 Å². The second-order valence-corrected chi connectivity index (χ2v) is 16.5. The van der Waals surface area contributed by atoms with E-state index < -0.39 is 18.2 Å². The minimum atomic E-state index is -0.813. The van der Waals surface area contributed by atoms with Crippen LogP contribution in [-0.4, -0.2) is 46.9 Å². The van der Waals surface area contributed by atoms with E-state index in [4.69, 9.17) is 4.74 Å². The van der Waals surface area contributed by atoms with Crippen LogP contribution < -0.4 is 5.32 Å². The van der Waals surface area contributed by atoms with Crippen LogP contribution in [0, 0.1) is 0 Å². The number of nitrogens with one attached hydrogen (secondary N) is 1. The molecule has 0 aliphatic rings. The summed E-state index contributed by atoms with van der Waals surface area (Å²) < 4.78 is 5.81. The Kier molecular flexibility index (Phi) is 43.7. The van der Waals surface area contributed by atoms with Gasteiger partial charge in [0.1, 0.15) is 6.10 Å². The van der Waals surface area contributed by atoms with Crippen molar-refractivity contribution >= 4 is 11.9 Å². The molecule has 0 fully saturated rings. The van der Waals surface area contributed by atoms with Gasteiger partial charge in [-0.1, -0.05) is 210 Å². The van der Waals surface area contributed by atoms with Gasteiger partial charge in [0.25, 0.3) is 0 Å². The monoisotopic (exact) mass is 812 g/mol. The van der Waals surface area contributed by atoms with Gasteiger partial charge in [0.05, 0.1) is 25.2 Å². The predicted molar refractivity (Wildman–Crippen MR) is 250 cm³/mol. The number of hydrogen-bond donors (Lipinski definition) is 3.